The number of aryl methyl sites for hydroxylation is 1. The average molecular weight is 344 g/mol. The lowest BCUT2D eigenvalue weighted by molar-refractivity contribution is 0.410. The Kier molecular flexibility index (Phi) is 4.48. The van der Waals surface area contributed by atoms with Gasteiger partial charge in [0.05, 0.1) is 17.0 Å². The van der Waals surface area contributed by atoms with E-state index in [-0.39, 0.29) is 9.85 Å². The van der Waals surface area contributed by atoms with E-state index in [0.29, 0.717) is 0 Å². The van der Waals surface area contributed by atoms with Gasteiger partial charge in [0.2, 0.25) is 0 Å². The molecule has 1 atom stereocenters. The van der Waals surface area contributed by atoms with E-state index in [9.17, 15) is 4.39 Å². The first-order valence-electron chi connectivity index (χ1n) is 5.76. The smallest absolute Gasteiger partial charge is 0.142 e. The van der Waals surface area contributed by atoms with Gasteiger partial charge in [-0.25, -0.2) is 4.39 Å². The van der Waals surface area contributed by atoms with Crippen molar-refractivity contribution in [3.05, 3.63) is 63.9 Å². The summed E-state index contributed by atoms with van der Waals surface area (Å²) < 4.78 is 18.9. The minimum absolute atomic E-state index is 0.125. The van der Waals surface area contributed by atoms with Crippen LogP contribution in [0.4, 0.5) is 4.39 Å². The van der Waals surface area contributed by atoms with Gasteiger partial charge in [0.15, 0.2) is 0 Å². The van der Waals surface area contributed by atoms with E-state index >= 15 is 0 Å². The predicted molar refractivity (Wildman–Crippen MR) is 79.9 cm³/mol. The first-order valence-corrected chi connectivity index (χ1v) is 7.06. The maximum atomic E-state index is 13.5. The van der Waals surface area contributed by atoms with Crippen molar-refractivity contribution in [3.63, 3.8) is 0 Å². The summed E-state index contributed by atoms with van der Waals surface area (Å²) in [4.78, 5) is -0.144. The maximum Gasteiger partial charge on any atom is 0.142 e. The number of hydrogen-bond donors (Lipinski definition) is 0. The Balaban J connectivity index is 2.45. The van der Waals surface area contributed by atoms with Crippen molar-refractivity contribution in [3.8, 4) is 5.75 Å². The largest absolute Gasteiger partial charge is 0.496 e. The molecule has 2 aromatic rings. The molecule has 0 aliphatic rings. The first-order chi connectivity index (χ1) is 9.02. The number of hydrogen-bond acceptors (Lipinski definition) is 1. The van der Waals surface area contributed by atoms with Crippen molar-refractivity contribution >= 4 is 27.5 Å². The van der Waals surface area contributed by atoms with Crippen LogP contribution in [0.15, 0.2) is 36.4 Å². The monoisotopic (exact) mass is 342 g/mol. The van der Waals surface area contributed by atoms with Gasteiger partial charge in [-0.2, -0.15) is 0 Å². The van der Waals surface area contributed by atoms with Crippen LogP contribution in [0.3, 0.4) is 0 Å². The highest BCUT2D eigenvalue weighted by molar-refractivity contribution is 9.09. The summed E-state index contributed by atoms with van der Waals surface area (Å²) in [5, 5.41) is 0.125. The van der Waals surface area contributed by atoms with Gasteiger partial charge < -0.3 is 4.74 Å². The van der Waals surface area contributed by atoms with Crippen LogP contribution >= 0.6 is 27.5 Å². The highest BCUT2D eigenvalue weighted by Crippen LogP contribution is 2.37. The normalized spacial score (nSPS) is 12.3. The van der Waals surface area contributed by atoms with Crippen LogP contribution in [0.5, 0.6) is 5.75 Å². The number of methoxy groups -OCH3 is 1. The number of halogens is 3. The van der Waals surface area contributed by atoms with Crippen molar-refractivity contribution in [2.75, 3.05) is 7.11 Å². The van der Waals surface area contributed by atoms with E-state index in [2.05, 4.69) is 15.9 Å². The minimum Gasteiger partial charge on any atom is -0.496 e. The standard InChI is InChI=1S/C15H13BrClFO/c1-9-3-6-14(19-2)11(7-9)15(16)10-4-5-12(17)13(18)8-10/h3-8,15H,1-2H3. The number of ether oxygens (including phenoxy) is 1. The SMILES string of the molecule is COc1ccc(C)cc1C(Br)c1ccc(Cl)c(F)c1. The lowest BCUT2D eigenvalue weighted by Gasteiger charge is -2.16. The fourth-order valence-electron chi connectivity index (χ4n) is 1.90. The van der Waals surface area contributed by atoms with Crippen LogP contribution in [-0.4, -0.2) is 7.11 Å². The molecule has 0 aliphatic heterocycles. The van der Waals surface area contributed by atoms with Gasteiger partial charge in [-0.1, -0.05) is 51.3 Å². The van der Waals surface area contributed by atoms with Crippen LogP contribution in [-0.2, 0) is 0 Å². The summed E-state index contributed by atoms with van der Waals surface area (Å²) in [6, 6.07) is 10.7. The van der Waals surface area contributed by atoms with E-state index in [1.165, 1.54) is 6.07 Å². The van der Waals surface area contributed by atoms with Gasteiger partial charge in [0, 0.05) is 5.56 Å². The van der Waals surface area contributed by atoms with E-state index in [1.807, 2.05) is 25.1 Å². The van der Waals surface area contributed by atoms with Gasteiger partial charge in [-0.05, 0) is 30.7 Å². The number of alkyl halides is 1. The molecule has 19 heavy (non-hydrogen) atoms. The van der Waals surface area contributed by atoms with E-state index in [1.54, 1.807) is 19.2 Å². The molecule has 2 rings (SSSR count). The molecule has 0 bridgehead atoms. The van der Waals surface area contributed by atoms with Crippen molar-refractivity contribution in [1.82, 2.24) is 0 Å². The van der Waals surface area contributed by atoms with E-state index in [4.69, 9.17) is 16.3 Å². The van der Waals surface area contributed by atoms with Crippen LogP contribution in [0.25, 0.3) is 0 Å². The molecule has 0 spiro atoms. The summed E-state index contributed by atoms with van der Waals surface area (Å²) in [7, 11) is 1.62. The zero-order chi connectivity index (χ0) is 14.0. The third-order valence-corrected chi connectivity index (χ3v) is 4.22. The summed E-state index contributed by atoms with van der Waals surface area (Å²) >= 11 is 9.29. The second kappa shape index (κ2) is 5.93. The highest BCUT2D eigenvalue weighted by Gasteiger charge is 2.16. The Bertz CT molecular complexity index is 601. The van der Waals surface area contributed by atoms with Gasteiger partial charge in [-0.3, -0.25) is 0 Å². The van der Waals surface area contributed by atoms with Crippen LogP contribution in [0, 0.1) is 12.7 Å². The third-order valence-electron chi connectivity index (χ3n) is 2.89. The Hall–Kier alpha value is -1.06. The van der Waals surface area contributed by atoms with Crippen LogP contribution in [0.2, 0.25) is 5.02 Å². The molecule has 0 radical (unpaired) electrons. The maximum absolute atomic E-state index is 13.5. The molecule has 0 aromatic heterocycles. The molecule has 0 amide bonds. The Morgan fingerprint density at radius 2 is 1.95 bits per heavy atom. The molecule has 0 saturated heterocycles. The molecule has 0 heterocycles. The highest BCUT2D eigenvalue weighted by atomic mass is 79.9. The fraction of sp³-hybridized carbons (Fsp3) is 0.200. The van der Waals surface area contributed by atoms with Crippen molar-refractivity contribution in [1.29, 1.82) is 0 Å². The molecule has 0 aliphatic carbocycles. The second-order valence-corrected chi connectivity index (χ2v) is 5.60. The number of benzene rings is 2. The van der Waals surface area contributed by atoms with Gasteiger partial charge in [0.1, 0.15) is 11.6 Å². The molecule has 0 saturated carbocycles. The molecular weight excluding hydrogens is 331 g/mol. The van der Waals surface area contributed by atoms with Crippen molar-refractivity contribution in [2.45, 2.75) is 11.8 Å². The third kappa shape index (κ3) is 3.10. The van der Waals surface area contributed by atoms with E-state index < -0.39 is 5.82 Å². The quantitative estimate of drug-likeness (QED) is 0.689. The second-order valence-electron chi connectivity index (χ2n) is 4.28. The molecule has 4 heteroatoms. The van der Waals surface area contributed by atoms with Gasteiger partial charge in [0.25, 0.3) is 0 Å². The molecular formula is C15H13BrClFO. The van der Waals surface area contributed by atoms with Gasteiger partial charge >= 0.3 is 0 Å². The summed E-state index contributed by atoms with van der Waals surface area (Å²) in [5.74, 6) is 0.345. The molecule has 0 N–H and O–H groups in total. The molecule has 1 nitrogen and oxygen atoms in total. The number of rotatable bonds is 3. The molecule has 2 aromatic carbocycles. The van der Waals surface area contributed by atoms with Crippen LogP contribution in [0.1, 0.15) is 21.5 Å². The summed E-state index contributed by atoms with van der Waals surface area (Å²) in [5.41, 5.74) is 2.88. The van der Waals surface area contributed by atoms with Crippen molar-refractivity contribution < 1.29 is 9.13 Å². The Morgan fingerprint density at radius 1 is 1.21 bits per heavy atom. The topological polar surface area (TPSA) is 9.23 Å². The first kappa shape index (κ1) is 14.4. The van der Waals surface area contributed by atoms with Gasteiger partial charge in [-0.15, -0.1) is 0 Å². The Labute approximate surface area is 125 Å². The Morgan fingerprint density at radius 3 is 2.58 bits per heavy atom. The lowest BCUT2D eigenvalue weighted by atomic mass is 10.0. The van der Waals surface area contributed by atoms with Crippen LogP contribution < -0.4 is 4.74 Å². The summed E-state index contributed by atoms with van der Waals surface area (Å²) in [6.07, 6.45) is 0. The zero-order valence-electron chi connectivity index (χ0n) is 10.6. The van der Waals surface area contributed by atoms with Crippen molar-refractivity contribution in [2.24, 2.45) is 0 Å². The predicted octanol–water partition coefficient (Wildman–Crippen LogP) is 5.28. The fourth-order valence-corrected chi connectivity index (χ4v) is 2.66. The average Bonchev–Trinajstić information content (AvgIpc) is 2.41. The molecule has 1 unspecified atom stereocenters. The lowest BCUT2D eigenvalue weighted by Crippen LogP contribution is -1.98. The molecule has 0 fully saturated rings. The van der Waals surface area contributed by atoms with E-state index in [0.717, 1.165) is 22.4 Å². The molecule has 100 valence electrons. The summed E-state index contributed by atoms with van der Waals surface area (Å²) in [6.45, 7) is 2.01. The minimum atomic E-state index is -0.421. The zero-order valence-corrected chi connectivity index (χ0v) is 12.9.